The molecule has 0 bridgehead atoms. The third kappa shape index (κ3) is 6.36. The second-order valence-electron chi connectivity index (χ2n) is 6.45. The number of anilines is 1. The van der Waals surface area contributed by atoms with Gasteiger partial charge in [-0.15, -0.1) is 24.0 Å². The number of aryl methyl sites for hydroxylation is 1. The quantitative estimate of drug-likeness (QED) is 0.326. The average molecular weight is 495 g/mol. The molecule has 1 amide bonds. The molecule has 0 fully saturated rings. The van der Waals surface area contributed by atoms with Gasteiger partial charge in [-0.25, -0.2) is 4.98 Å². The fourth-order valence-electron chi connectivity index (χ4n) is 2.84. The summed E-state index contributed by atoms with van der Waals surface area (Å²) in [6, 6.07) is 11.8. The highest BCUT2D eigenvalue weighted by Crippen LogP contribution is 2.27. The highest BCUT2D eigenvalue weighted by Gasteiger charge is 2.22. The first kappa shape index (κ1) is 21.9. The van der Waals surface area contributed by atoms with Gasteiger partial charge >= 0.3 is 0 Å². The zero-order chi connectivity index (χ0) is 19.1. The van der Waals surface area contributed by atoms with Gasteiger partial charge < -0.3 is 20.7 Å². The van der Waals surface area contributed by atoms with Gasteiger partial charge in [0.1, 0.15) is 17.7 Å². The molecule has 1 atom stereocenters. The van der Waals surface area contributed by atoms with Crippen molar-refractivity contribution in [1.82, 2.24) is 15.6 Å². The van der Waals surface area contributed by atoms with Gasteiger partial charge in [0.05, 0.1) is 6.54 Å². The van der Waals surface area contributed by atoms with Crippen LogP contribution in [0.4, 0.5) is 5.82 Å². The molecule has 3 N–H and O–H groups in total. The van der Waals surface area contributed by atoms with Crippen molar-refractivity contribution in [2.75, 3.05) is 25.5 Å². The molecular formula is C20H26IN5O2. The summed E-state index contributed by atoms with van der Waals surface area (Å²) in [5.41, 5.74) is 2.28. The number of aliphatic imine (C=N–C) groups is 1. The molecule has 1 aromatic carbocycles. The van der Waals surface area contributed by atoms with Crippen molar-refractivity contribution >= 4 is 41.7 Å². The number of rotatable bonds is 6. The molecule has 2 heterocycles. The standard InChI is InChI=1S/C20H25N5O2.HI/c1-14-7-8-18(23-12-14)25-19(26)9-10-22-20(21-2)24-13-16-11-15-5-3-4-6-17(15)27-16;/h3-8,12,16H,9-11,13H2,1-2H3,(H2,21,22,24)(H,23,25,26);1H. The van der Waals surface area contributed by atoms with Crippen molar-refractivity contribution in [1.29, 1.82) is 0 Å². The molecule has 150 valence electrons. The third-order valence-electron chi connectivity index (χ3n) is 4.26. The second kappa shape index (κ2) is 10.8. The lowest BCUT2D eigenvalue weighted by Gasteiger charge is -2.15. The lowest BCUT2D eigenvalue weighted by atomic mass is 10.1. The van der Waals surface area contributed by atoms with Crippen molar-refractivity contribution in [3.8, 4) is 5.75 Å². The van der Waals surface area contributed by atoms with Crippen LogP contribution in [0, 0.1) is 6.92 Å². The summed E-state index contributed by atoms with van der Waals surface area (Å²) in [6.07, 6.45) is 3.01. The maximum absolute atomic E-state index is 12.0. The molecule has 1 aromatic heterocycles. The molecule has 0 aliphatic carbocycles. The zero-order valence-electron chi connectivity index (χ0n) is 16.1. The Kier molecular flexibility index (Phi) is 8.49. The number of nitrogens with zero attached hydrogens (tertiary/aromatic N) is 2. The summed E-state index contributed by atoms with van der Waals surface area (Å²) in [6.45, 7) is 3.08. The number of carbonyl (C=O) groups excluding carboxylic acids is 1. The van der Waals surface area contributed by atoms with Gasteiger partial charge in [-0.1, -0.05) is 24.3 Å². The van der Waals surface area contributed by atoms with Crippen LogP contribution in [0.15, 0.2) is 47.6 Å². The van der Waals surface area contributed by atoms with Gasteiger partial charge in [0.2, 0.25) is 5.91 Å². The Morgan fingerprint density at radius 1 is 1.25 bits per heavy atom. The monoisotopic (exact) mass is 495 g/mol. The Hall–Kier alpha value is -2.36. The molecule has 0 saturated carbocycles. The topological polar surface area (TPSA) is 87.6 Å². The lowest BCUT2D eigenvalue weighted by molar-refractivity contribution is -0.116. The van der Waals surface area contributed by atoms with E-state index in [1.807, 2.05) is 31.2 Å². The molecule has 0 spiro atoms. The highest BCUT2D eigenvalue weighted by molar-refractivity contribution is 14.0. The van der Waals surface area contributed by atoms with Crippen molar-refractivity contribution in [2.45, 2.75) is 25.9 Å². The molecule has 1 aliphatic rings. The first-order valence-electron chi connectivity index (χ1n) is 9.05. The summed E-state index contributed by atoms with van der Waals surface area (Å²) in [4.78, 5) is 20.3. The van der Waals surface area contributed by atoms with Crippen LogP contribution >= 0.6 is 24.0 Å². The predicted octanol–water partition coefficient (Wildman–Crippen LogP) is 2.51. The number of carbonyl (C=O) groups is 1. The maximum Gasteiger partial charge on any atom is 0.227 e. The largest absolute Gasteiger partial charge is 0.488 e. The summed E-state index contributed by atoms with van der Waals surface area (Å²) < 4.78 is 5.90. The number of amides is 1. The summed E-state index contributed by atoms with van der Waals surface area (Å²) >= 11 is 0. The number of pyridine rings is 1. The minimum Gasteiger partial charge on any atom is -0.488 e. The van der Waals surface area contributed by atoms with Gasteiger partial charge in [0.25, 0.3) is 0 Å². The van der Waals surface area contributed by atoms with Crippen LogP contribution in [0.5, 0.6) is 5.75 Å². The fourth-order valence-corrected chi connectivity index (χ4v) is 2.84. The van der Waals surface area contributed by atoms with Gasteiger partial charge in [0, 0.05) is 32.6 Å². The van der Waals surface area contributed by atoms with Gasteiger partial charge in [-0.05, 0) is 30.2 Å². The number of ether oxygens (including phenoxy) is 1. The van der Waals surface area contributed by atoms with E-state index in [9.17, 15) is 4.79 Å². The Labute approximate surface area is 182 Å². The van der Waals surface area contributed by atoms with Crippen molar-refractivity contribution in [3.63, 3.8) is 0 Å². The molecule has 0 radical (unpaired) electrons. The number of para-hydroxylation sites is 1. The second-order valence-corrected chi connectivity index (χ2v) is 6.45. The van der Waals surface area contributed by atoms with Crippen LogP contribution in [-0.4, -0.2) is 43.1 Å². The Morgan fingerprint density at radius 2 is 2.07 bits per heavy atom. The number of nitrogens with one attached hydrogen (secondary N) is 3. The van der Waals surface area contributed by atoms with Crippen LogP contribution < -0.4 is 20.7 Å². The SMILES string of the molecule is CN=C(NCCC(=O)Nc1ccc(C)cn1)NCC1Cc2ccccc2O1.I. The number of guanidine groups is 1. The number of hydrogen-bond acceptors (Lipinski definition) is 4. The molecule has 0 saturated heterocycles. The van der Waals surface area contributed by atoms with E-state index in [4.69, 9.17) is 4.74 Å². The van der Waals surface area contributed by atoms with E-state index in [-0.39, 0.29) is 36.0 Å². The number of aromatic nitrogens is 1. The van der Waals surface area contributed by atoms with Crippen LogP contribution in [0.2, 0.25) is 0 Å². The van der Waals surface area contributed by atoms with E-state index in [1.54, 1.807) is 19.3 Å². The van der Waals surface area contributed by atoms with Crippen LogP contribution in [0.25, 0.3) is 0 Å². The van der Waals surface area contributed by atoms with Crippen LogP contribution in [0.1, 0.15) is 17.5 Å². The van der Waals surface area contributed by atoms with E-state index >= 15 is 0 Å². The first-order chi connectivity index (χ1) is 13.1. The van der Waals surface area contributed by atoms with Gasteiger partial charge in [-0.3, -0.25) is 9.79 Å². The molecule has 1 aliphatic heterocycles. The number of benzene rings is 1. The highest BCUT2D eigenvalue weighted by atomic mass is 127. The number of fused-ring (bicyclic) bond motifs is 1. The first-order valence-corrected chi connectivity index (χ1v) is 9.05. The minimum atomic E-state index is -0.0936. The van der Waals surface area contributed by atoms with Crippen LogP contribution in [-0.2, 0) is 11.2 Å². The Balaban J connectivity index is 0.00000280. The maximum atomic E-state index is 12.0. The summed E-state index contributed by atoms with van der Waals surface area (Å²) in [5.74, 6) is 2.07. The lowest BCUT2D eigenvalue weighted by Crippen LogP contribution is -2.43. The van der Waals surface area contributed by atoms with Crippen LogP contribution in [0.3, 0.4) is 0 Å². The van der Waals surface area contributed by atoms with E-state index in [1.165, 1.54) is 5.56 Å². The van der Waals surface area contributed by atoms with E-state index < -0.39 is 0 Å². The van der Waals surface area contributed by atoms with Crippen molar-refractivity contribution in [3.05, 3.63) is 53.7 Å². The Morgan fingerprint density at radius 3 is 2.79 bits per heavy atom. The van der Waals surface area contributed by atoms with E-state index in [2.05, 4.69) is 32.0 Å². The van der Waals surface area contributed by atoms with Crippen molar-refractivity contribution in [2.24, 2.45) is 4.99 Å². The molecule has 28 heavy (non-hydrogen) atoms. The molecule has 1 unspecified atom stereocenters. The molecular weight excluding hydrogens is 469 g/mol. The van der Waals surface area contributed by atoms with Gasteiger partial charge in [0.15, 0.2) is 5.96 Å². The fraction of sp³-hybridized carbons (Fsp3) is 0.350. The summed E-state index contributed by atoms with van der Waals surface area (Å²) in [5, 5.41) is 9.17. The molecule has 8 heteroatoms. The third-order valence-corrected chi connectivity index (χ3v) is 4.26. The normalized spacial score (nSPS) is 15.1. The molecule has 2 aromatic rings. The molecule has 7 nitrogen and oxygen atoms in total. The number of halogens is 1. The summed E-state index contributed by atoms with van der Waals surface area (Å²) in [7, 11) is 1.70. The van der Waals surface area contributed by atoms with E-state index in [0.29, 0.717) is 31.3 Å². The van der Waals surface area contributed by atoms with E-state index in [0.717, 1.165) is 17.7 Å². The Bertz CT molecular complexity index is 785. The smallest absolute Gasteiger partial charge is 0.227 e. The van der Waals surface area contributed by atoms with Crippen molar-refractivity contribution < 1.29 is 9.53 Å². The minimum absolute atomic E-state index is 0. The number of hydrogen-bond donors (Lipinski definition) is 3. The predicted molar refractivity (Wildman–Crippen MR) is 122 cm³/mol. The zero-order valence-corrected chi connectivity index (χ0v) is 18.4. The molecule has 3 rings (SSSR count). The van der Waals surface area contributed by atoms with Gasteiger partial charge in [-0.2, -0.15) is 0 Å². The average Bonchev–Trinajstić information content (AvgIpc) is 3.09.